The lowest BCUT2D eigenvalue weighted by Gasteiger charge is -2.00. The van der Waals surface area contributed by atoms with Crippen molar-refractivity contribution in [3.8, 4) is 0 Å². The van der Waals surface area contributed by atoms with Crippen molar-refractivity contribution in [1.29, 1.82) is 0 Å². The Balaban J connectivity index is 0. The van der Waals surface area contributed by atoms with Crippen LogP contribution in [-0.2, 0) is 0 Å². The zero-order valence-electron chi connectivity index (χ0n) is 10.7. The van der Waals surface area contributed by atoms with Gasteiger partial charge < -0.3 is 0 Å². The summed E-state index contributed by atoms with van der Waals surface area (Å²) in [4.78, 5) is 0. The molecule has 0 nitrogen and oxygen atoms in total. The van der Waals surface area contributed by atoms with Gasteiger partial charge in [0, 0.05) is 0 Å². The first-order valence-corrected chi connectivity index (χ1v) is 6.04. The molecule has 0 radical (unpaired) electrons. The Morgan fingerprint density at radius 3 is 1.46 bits per heavy atom. The van der Waals surface area contributed by atoms with E-state index in [1.807, 2.05) is 0 Å². The van der Waals surface area contributed by atoms with Crippen molar-refractivity contribution >= 4 is 0 Å². The zero-order chi connectivity index (χ0) is 10.7. The van der Waals surface area contributed by atoms with Crippen LogP contribution in [0.25, 0.3) is 0 Å². The molecule has 0 aliphatic rings. The molecule has 0 rings (SSSR count). The van der Waals surface area contributed by atoms with Crippen LogP contribution in [0.15, 0.2) is 0 Å². The van der Waals surface area contributed by atoms with Gasteiger partial charge >= 0.3 is 0 Å². The summed E-state index contributed by atoms with van der Waals surface area (Å²) in [5, 5.41) is 0. The molecule has 0 aliphatic carbocycles. The third-order valence-corrected chi connectivity index (χ3v) is 2.20. The molecule has 0 heteroatoms. The lowest BCUT2D eigenvalue weighted by atomic mass is 10.1. The first-order chi connectivity index (χ1) is 6.04. The summed E-state index contributed by atoms with van der Waals surface area (Å²) in [5.74, 6) is 1.79. The Bertz CT molecular complexity index is 72.1. The summed E-state index contributed by atoms with van der Waals surface area (Å²) in [6.07, 6.45) is 6.91. The summed E-state index contributed by atoms with van der Waals surface area (Å²) in [5.41, 5.74) is 0. The molecule has 0 aliphatic heterocycles. The first kappa shape index (κ1) is 15.5. The van der Waals surface area contributed by atoms with E-state index in [9.17, 15) is 0 Å². The van der Waals surface area contributed by atoms with Gasteiger partial charge in [-0.3, -0.25) is 0 Å². The molecule has 13 heavy (non-hydrogen) atoms. The van der Waals surface area contributed by atoms with Gasteiger partial charge in [-0.25, -0.2) is 0 Å². The maximum atomic E-state index is 2.29. The van der Waals surface area contributed by atoms with Crippen LogP contribution in [0.3, 0.4) is 0 Å². The molecule has 0 spiro atoms. The van der Waals surface area contributed by atoms with E-state index in [0.717, 1.165) is 11.8 Å². The Morgan fingerprint density at radius 1 is 0.769 bits per heavy atom. The minimum atomic E-state index is 0.884. The predicted octanol–water partition coefficient (Wildman–Crippen LogP) is 5.28. The molecule has 0 atom stereocenters. The normalized spacial score (nSPS) is 10.2. The van der Waals surface area contributed by atoms with Gasteiger partial charge in [-0.15, -0.1) is 0 Å². The number of unbranched alkanes of at least 4 members (excludes halogenated alkanes) is 2. The largest absolute Gasteiger partial charge is 0.0654 e. The Kier molecular flexibility index (Phi) is 14.3. The Labute approximate surface area is 86.1 Å². The van der Waals surface area contributed by atoms with Gasteiger partial charge in [-0.2, -0.15) is 0 Å². The van der Waals surface area contributed by atoms with Crippen molar-refractivity contribution in [3.05, 3.63) is 0 Å². The molecular formula is C13H30. The maximum Gasteiger partial charge on any atom is -0.0471 e. The molecule has 0 aromatic rings. The smallest absolute Gasteiger partial charge is 0.0471 e. The van der Waals surface area contributed by atoms with E-state index in [1.165, 1.54) is 32.1 Å². The lowest BCUT2D eigenvalue weighted by molar-refractivity contribution is 0.534. The third-order valence-electron chi connectivity index (χ3n) is 2.20. The summed E-state index contributed by atoms with van der Waals surface area (Å²) >= 11 is 0. The quantitative estimate of drug-likeness (QED) is 0.513. The van der Waals surface area contributed by atoms with Gasteiger partial charge in [0.25, 0.3) is 0 Å². The number of hydrogen-bond acceptors (Lipinski definition) is 0. The second-order valence-corrected chi connectivity index (χ2v) is 4.69. The fraction of sp³-hybridized carbons (Fsp3) is 1.00. The predicted molar refractivity (Wildman–Crippen MR) is 64.1 cm³/mol. The van der Waals surface area contributed by atoms with Crippen molar-refractivity contribution in [2.75, 3.05) is 0 Å². The fourth-order valence-corrected chi connectivity index (χ4v) is 0.803. The highest BCUT2D eigenvalue weighted by Crippen LogP contribution is 2.06. The molecule has 0 aromatic carbocycles. The average molecular weight is 186 g/mol. The maximum absolute atomic E-state index is 2.29. The van der Waals surface area contributed by atoms with E-state index in [2.05, 4.69) is 41.5 Å². The van der Waals surface area contributed by atoms with Gasteiger partial charge in [0.05, 0.1) is 0 Å². The summed E-state index contributed by atoms with van der Waals surface area (Å²) in [6.45, 7) is 13.5. The third kappa shape index (κ3) is 24.5. The van der Waals surface area contributed by atoms with Gasteiger partial charge in [0.15, 0.2) is 0 Å². The molecule has 0 fully saturated rings. The van der Waals surface area contributed by atoms with E-state index in [4.69, 9.17) is 0 Å². The molecule has 0 saturated carbocycles. The molecule has 0 aromatic heterocycles. The van der Waals surface area contributed by atoms with Crippen molar-refractivity contribution in [2.45, 2.75) is 73.6 Å². The molecular weight excluding hydrogens is 156 g/mol. The SMILES string of the molecule is CCC(C)C.CCCCCC(C)C. The van der Waals surface area contributed by atoms with Crippen LogP contribution in [-0.4, -0.2) is 0 Å². The van der Waals surface area contributed by atoms with E-state index >= 15 is 0 Å². The molecule has 0 N–H and O–H groups in total. The molecule has 0 unspecified atom stereocenters. The summed E-state index contributed by atoms with van der Waals surface area (Å²) < 4.78 is 0. The van der Waals surface area contributed by atoms with Gasteiger partial charge in [-0.05, 0) is 11.8 Å². The monoisotopic (exact) mass is 186 g/mol. The molecule has 0 saturated heterocycles. The highest BCUT2D eigenvalue weighted by Gasteiger charge is 1.90. The minimum Gasteiger partial charge on any atom is -0.0654 e. The van der Waals surface area contributed by atoms with E-state index in [0.29, 0.717) is 0 Å². The van der Waals surface area contributed by atoms with Crippen LogP contribution in [0.4, 0.5) is 0 Å². The lowest BCUT2D eigenvalue weighted by Crippen LogP contribution is -1.85. The van der Waals surface area contributed by atoms with E-state index < -0.39 is 0 Å². The van der Waals surface area contributed by atoms with Crippen LogP contribution < -0.4 is 0 Å². The molecule has 0 amide bonds. The van der Waals surface area contributed by atoms with Crippen LogP contribution in [0.1, 0.15) is 73.6 Å². The molecule has 82 valence electrons. The minimum absolute atomic E-state index is 0.884. The van der Waals surface area contributed by atoms with Crippen LogP contribution in [0, 0.1) is 11.8 Å². The summed E-state index contributed by atoms with van der Waals surface area (Å²) in [6, 6.07) is 0. The van der Waals surface area contributed by atoms with E-state index in [-0.39, 0.29) is 0 Å². The van der Waals surface area contributed by atoms with Crippen LogP contribution in [0.5, 0.6) is 0 Å². The standard InChI is InChI=1S/C8H18.C5H12/c1-4-5-6-7-8(2)3;1-4-5(2)3/h8H,4-7H2,1-3H3;5H,4H2,1-3H3. The molecule has 0 bridgehead atoms. The van der Waals surface area contributed by atoms with Crippen LogP contribution in [0.2, 0.25) is 0 Å². The Morgan fingerprint density at radius 2 is 1.23 bits per heavy atom. The van der Waals surface area contributed by atoms with Crippen molar-refractivity contribution in [2.24, 2.45) is 11.8 Å². The van der Waals surface area contributed by atoms with Crippen molar-refractivity contribution in [3.63, 3.8) is 0 Å². The second kappa shape index (κ2) is 12.0. The Hall–Kier alpha value is 0. The average Bonchev–Trinajstić information content (AvgIpc) is 2.05. The van der Waals surface area contributed by atoms with Gasteiger partial charge in [0.1, 0.15) is 0 Å². The summed E-state index contributed by atoms with van der Waals surface area (Å²) in [7, 11) is 0. The van der Waals surface area contributed by atoms with E-state index in [1.54, 1.807) is 0 Å². The van der Waals surface area contributed by atoms with Crippen molar-refractivity contribution in [1.82, 2.24) is 0 Å². The van der Waals surface area contributed by atoms with Crippen molar-refractivity contribution < 1.29 is 0 Å². The number of hydrogen-bond donors (Lipinski definition) is 0. The fourth-order valence-electron chi connectivity index (χ4n) is 0.803. The number of rotatable bonds is 5. The first-order valence-electron chi connectivity index (χ1n) is 6.04. The topological polar surface area (TPSA) is 0 Å². The van der Waals surface area contributed by atoms with Gasteiger partial charge in [0.2, 0.25) is 0 Å². The molecule has 0 heterocycles. The highest BCUT2D eigenvalue weighted by molar-refractivity contribution is 4.44. The second-order valence-electron chi connectivity index (χ2n) is 4.69. The zero-order valence-corrected chi connectivity index (χ0v) is 10.7. The van der Waals surface area contributed by atoms with Gasteiger partial charge in [-0.1, -0.05) is 73.6 Å². The highest BCUT2D eigenvalue weighted by atomic mass is 14.0. The van der Waals surface area contributed by atoms with Crippen LogP contribution >= 0.6 is 0 Å².